The first kappa shape index (κ1) is 18.9. The Bertz CT molecular complexity index is 782. The van der Waals surface area contributed by atoms with Crippen LogP contribution in [0.1, 0.15) is 30.4 Å². The number of allylic oxidation sites excluding steroid dienone is 1. The molecule has 0 bridgehead atoms. The van der Waals surface area contributed by atoms with Crippen LogP contribution in [-0.2, 0) is 17.9 Å². The van der Waals surface area contributed by atoms with Crippen LogP contribution < -0.4 is 0 Å². The Hall–Kier alpha value is -2.46. The number of nitrogens with zero attached hydrogens (tertiary/aromatic N) is 3. The van der Waals surface area contributed by atoms with E-state index >= 15 is 0 Å². The predicted molar refractivity (Wildman–Crippen MR) is 111 cm³/mol. The van der Waals surface area contributed by atoms with E-state index in [1.165, 1.54) is 11.1 Å². The predicted octanol–water partition coefficient (Wildman–Crippen LogP) is 3.90. The largest absolute Gasteiger partial charge is 0.334 e. The monoisotopic (exact) mass is 375 g/mol. The lowest BCUT2D eigenvalue weighted by Crippen LogP contribution is -2.42. The molecule has 1 saturated heterocycles. The third-order valence-corrected chi connectivity index (χ3v) is 6.06. The van der Waals surface area contributed by atoms with Crippen LogP contribution >= 0.6 is 0 Å². The van der Waals surface area contributed by atoms with Crippen LogP contribution in [0.4, 0.5) is 0 Å². The van der Waals surface area contributed by atoms with Gasteiger partial charge in [-0.15, -0.1) is 0 Å². The molecule has 4 rings (SSSR count). The van der Waals surface area contributed by atoms with Gasteiger partial charge < -0.3 is 4.90 Å². The summed E-state index contributed by atoms with van der Waals surface area (Å²) in [7, 11) is 0. The molecule has 28 heavy (non-hydrogen) atoms. The Morgan fingerprint density at radius 2 is 1.71 bits per heavy atom. The maximum Gasteiger partial charge on any atom is 0.226 e. The molecular weight excluding hydrogens is 346 g/mol. The van der Waals surface area contributed by atoms with Crippen molar-refractivity contribution in [3.05, 3.63) is 78.1 Å². The van der Waals surface area contributed by atoms with Gasteiger partial charge in [0, 0.05) is 37.9 Å². The van der Waals surface area contributed by atoms with Gasteiger partial charge in [0.2, 0.25) is 5.91 Å². The third kappa shape index (κ3) is 4.68. The van der Waals surface area contributed by atoms with Crippen LogP contribution in [0, 0.1) is 11.8 Å². The van der Waals surface area contributed by atoms with E-state index in [4.69, 9.17) is 0 Å². The topological polar surface area (TPSA) is 36.4 Å². The number of aromatic nitrogens is 1. The van der Waals surface area contributed by atoms with Crippen molar-refractivity contribution in [3.8, 4) is 0 Å². The Balaban J connectivity index is 1.35. The number of carbonyl (C=O) groups is 1. The highest BCUT2D eigenvalue weighted by Crippen LogP contribution is 2.31. The highest BCUT2D eigenvalue weighted by molar-refractivity contribution is 5.80. The number of likely N-dealkylation sites (tertiary alicyclic amines) is 1. The Kier molecular flexibility index (Phi) is 6.17. The molecule has 3 heterocycles. The Morgan fingerprint density at radius 3 is 2.46 bits per heavy atom. The SMILES string of the molecule is O=C1[C@@H](C2CCN(Cc3cccnc3)CC2)CC=CCN1Cc1ccccc1. The maximum atomic E-state index is 13.3. The van der Waals surface area contributed by atoms with E-state index in [0.29, 0.717) is 18.4 Å². The van der Waals surface area contributed by atoms with Crippen molar-refractivity contribution in [1.82, 2.24) is 14.8 Å². The fraction of sp³-hybridized carbons (Fsp3) is 0.417. The van der Waals surface area contributed by atoms with Gasteiger partial charge in [-0.25, -0.2) is 0 Å². The van der Waals surface area contributed by atoms with E-state index in [9.17, 15) is 4.79 Å². The average Bonchev–Trinajstić information content (AvgIpc) is 2.92. The van der Waals surface area contributed by atoms with Crippen LogP contribution in [0.3, 0.4) is 0 Å². The van der Waals surface area contributed by atoms with E-state index in [1.807, 2.05) is 41.6 Å². The number of pyridine rings is 1. The van der Waals surface area contributed by atoms with Crippen molar-refractivity contribution in [3.63, 3.8) is 0 Å². The maximum absolute atomic E-state index is 13.3. The van der Waals surface area contributed by atoms with E-state index in [2.05, 4.69) is 40.2 Å². The quantitative estimate of drug-likeness (QED) is 0.744. The fourth-order valence-corrected chi connectivity index (χ4v) is 4.47. The van der Waals surface area contributed by atoms with Crippen LogP contribution in [0.15, 0.2) is 67.0 Å². The number of hydrogen-bond acceptors (Lipinski definition) is 3. The van der Waals surface area contributed by atoms with Gasteiger partial charge in [-0.3, -0.25) is 14.7 Å². The molecule has 0 N–H and O–H groups in total. The number of carbonyl (C=O) groups excluding carboxylic acids is 1. The summed E-state index contributed by atoms with van der Waals surface area (Å²) in [5, 5.41) is 0. The number of amides is 1. The first-order valence-electron chi connectivity index (χ1n) is 10.4. The van der Waals surface area contributed by atoms with Gasteiger partial charge in [0.25, 0.3) is 0 Å². The highest BCUT2D eigenvalue weighted by atomic mass is 16.2. The van der Waals surface area contributed by atoms with Crippen molar-refractivity contribution in [2.24, 2.45) is 11.8 Å². The molecule has 2 aliphatic rings. The minimum Gasteiger partial charge on any atom is -0.334 e. The standard InChI is InChI=1S/C24H29N3O/c28-24-23(10-4-5-14-27(24)19-20-7-2-1-3-8-20)22-11-15-26(16-12-22)18-21-9-6-13-25-17-21/h1-9,13,17,22-23H,10-12,14-16,18-19H2/t23-/m1/s1. The molecule has 1 amide bonds. The minimum atomic E-state index is 0.128. The molecule has 0 radical (unpaired) electrons. The zero-order valence-electron chi connectivity index (χ0n) is 16.4. The fourth-order valence-electron chi connectivity index (χ4n) is 4.47. The van der Waals surface area contributed by atoms with Gasteiger partial charge in [0.15, 0.2) is 0 Å². The molecule has 1 aromatic carbocycles. The first-order chi connectivity index (χ1) is 13.8. The molecule has 0 spiro atoms. The van der Waals surface area contributed by atoms with Crippen molar-refractivity contribution < 1.29 is 4.79 Å². The molecule has 0 aliphatic carbocycles. The molecule has 0 saturated carbocycles. The van der Waals surface area contributed by atoms with Crippen LogP contribution in [0.2, 0.25) is 0 Å². The summed E-state index contributed by atoms with van der Waals surface area (Å²) in [6, 6.07) is 14.5. The van der Waals surface area contributed by atoms with Crippen LogP contribution in [-0.4, -0.2) is 40.3 Å². The second-order valence-electron chi connectivity index (χ2n) is 7.99. The Morgan fingerprint density at radius 1 is 0.929 bits per heavy atom. The molecule has 4 nitrogen and oxygen atoms in total. The summed E-state index contributed by atoms with van der Waals surface area (Å²) < 4.78 is 0. The van der Waals surface area contributed by atoms with Gasteiger partial charge in [-0.2, -0.15) is 0 Å². The zero-order chi connectivity index (χ0) is 19.2. The summed E-state index contributed by atoms with van der Waals surface area (Å²) in [5.41, 5.74) is 2.47. The van der Waals surface area contributed by atoms with Crippen LogP contribution in [0.25, 0.3) is 0 Å². The van der Waals surface area contributed by atoms with Gasteiger partial charge in [0.1, 0.15) is 0 Å². The smallest absolute Gasteiger partial charge is 0.226 e. The summed E-state index contributed by atoms with van der Waals surface area (Å²) in [6.07, 6.45) is 11.2. The molecule has 4 heteroatoms. The lowest BCUT2D eigenvalue weighted by molar-refractivity contribution is -0.137. The number of rotatable bonds is 5. The van der Waals surface area contributed by atoms with Gasteiger partial charge >= 0.3 is 0 Å². The van der Waals surface area contributed by atoms with Crippen molar-refractivity contribution in [1.29, 1.82) is 0 Å². The lowest BCUT2D eigenvalue weighted by Gasteiger charge is -2.36. The molecule has 1 atom stereocenters. The summed E-state index contributed by atoms with van der Waals surface area (Å²) >= 11 is 0. The number of benzene rings is 1. The third-order valence-electron chi connectivity index (χ3n) is 6.06. The first-order valence-corrected chi connectivity index (χ1v) is 10.4. The second-order valence-corrected chi connectivity index (χ2v) is 7.99. The van der Waals surface area contributed by atoms with E-state index in [0.717, 1.165) is 45.4 Å². The lowest BCUT2D eigenvalue weighted by atomic mass is 9.81. The van der Waals surface area contributed by atoms with E-state index in [-0.39, 0.29) is 5.92 Å². The number of hydrogen-bond donors (Lipinski definition) is 0. The molecule has 2 aliphatic heterocycles. The van der Waals surface area contributed by atoms with Gasteiger partial charge in [-0.1, -0.05) is 48.6 Å². The highest BCUT2D eigenvalue weighted by Gasteiger charge is 2.34. The molecule has 1 aromatic heterocycles. The molecule has 1 fully saturated rings. The average molecular weight is 376 g/mol. The van der Waals surface area contributed by atoms with Crippen molar-refractivity contribution >= 4 is 5.91 Å². The normalized spacial score (nSPS) is 21.6. The molecule has 0 unspecified atom stereocenters. The molecular formula is C24H29N3O. The molecule has 146 valence electrons. The zero-order valence-corrected chi connectivity index (χ0v) is 16.4. The van der Waals surface area contributed by atoms with E-state index in [1.54, 1.807) is 0 Å². The van der Waals surface area contributed by atoms with E-state index < -0.39 is 0 Å². The van der Waals surface area contributed by atoms with Crippen LogP contribution in [0.5, 0.6) is 0 Å². The summed E-state index contributed by atoms with van der Waals surface area (Å²) in [5.74, 6) is 0.946. The van der Waals surface area contributed by atoms with Crippen molar-refractivity contribution in [2.75, 3.05) is 19.6 Å². The van der Waals surface area contributed by atoms with Gasteiger partial charge in [-0.05, 0) is 55.5 Å². The molecule has 2 aromatic rings. The second kappa shape index (κ2) is 9.16. The minimum absolute atomic E-state index is 0.128. The van der Waals surface area contributed by atoms with Crippen molar-refractivity contribution in [2.45, 2.75) is 32.4 Å². The summed E-state index contributed by atoms with van der Waals surface area (Å²) in [6.45, 7) is 4.52. The van der Waals surface area contributed by atoms with Gasteiger partial charge in [0.05, 0.1) is 0 Å². The number of piperidine rings is 1. The summed E-state index contributed by atoms with van der Waals surface area (Å²) in [4.78, 5) is 22.0. The Labute approximate surface area is 167 Å².